The highest BCUT2D eigenvalue weighted by molar-refractivity contribution is 6.10. The molecule has 7 heteroatoms. The third kappa shape index (κ3) is 3.88. The molecule has 7 nitrogen and oxygen atoms in total. The molecule has 0 N–H and O–H groups in total. The highest BCUT2D eigenvalue weighted by Gasteiger charge is 2.18. The van der Waals surface area contributed by atoms with Crippen molar-refractivity contribution >= 4 is 22.7 Å². The van der Waals surface area contributed by atoms with Gasteiger partial charge in [-0.2, -0.15) is 0 Å². The van der Waals surface area contributed by atoms with Crippen LogP contribution in [0.15, 0.2) is 51.7 Å². The predicted octanol–water partition coefficient (Wildman–Crippen LogP) is 1.72. The SMILES string of the molecule is COc1cc(OC)c2cc(C(=O)c3ccc(CCC(=O)[O-])cc3)c(=O)oc2c1. The Kier molecular flexibility index (Phi) is 5.44. The van der Waals surface area contributed by atoms with Crippen molar-refractivity contribution < 1.29 is 28.6 Å². The molecule has 144 valence electrons. The molecule has 1 heterocycles. The lowest BCUT2D eigenvalue weighted by Crippen LogP contribution is -2.22. The number of carbonyl (C=O) groups excluding carboxylic acids is 2. The Morgan fingerprint density at radius 3 is 2.36 bits per heavy atom. The number of fused-ring (bicyclic) bond motifs is 1. The van der Waals surface area contributed by atoms with E-state index in [0.29, 0.717) is 23.3 Å². The number of methoxy groups -OCH3 is 2. The fourth-order valence-corrected chi connectivity index (χ4v) is 2.83. The number of hydrogen-bond donors (Lipinski definition) is 0. The number of rotatable bonds is 7. The molecule has 0 saturated heterocycles. The summed E-state index contributed by atoms with van der Waals surface area (Å²) in [6.07, 6.45) is 0.193. The minimum Gasteiger partial charge on any atom is -0.550 e. The van der Waals surface area contributed by atoms with Crippen LogP contribution >= 0.6 is 0 Å². The zero-order valence-electron chi connectivity index (χ0n) is 15.3. The van der Waals surface area contributed by atoms with Crippen molar-refractivity contribution in [2.45, 2.75) is 12.8 Å². The Balaban J connectivity index is 1.98. The van der Waals surface area contributed by atoms with Gasteiger partial charge in [0.05, 0.1) is 19.6 Å². The van der Waals surface area contributed by atoms with E-state index >= 15 is 0 Å². The minimum absolute atomic E-state index is 0.106. The first-order valence-corrected chi connectivity index (χ1v) is 8.46. The first kappa shape index (κ1) is 19.2. The van der Waals surface area contributed by atoms with Gasteiger partial charge < -0.3 is 23.8 Å². The van der Waals surface area contributed by atoms with Crippen molar-refractivity contribution in [3.05, 3.63) is 69.6 Å². The standard InChI is InChI=1S/C21H18O7/c1-26-14-9-17(27-2)15-11-16(21(25)28-18(15)10-14)20(24)13-6-3-12(4-7-13)5-8-19(22)23/h3-4,6-7,9-11H,5,8H2,1-2H3,(H,22,23)/p-1. The first-order valence-electron chi connectivity index (χ1n) is 8.46. The molecule has 0 fully saturated rings. The van der Waals surface area contributed by atoms with Gasteiger partial charge in [0.15, 0.2) is 5.78 Å². The van der Waals surface area contributed by atoms with E-state index < -0.39 is 17.4 Å². The summed E-state index contributed by atoms with van der Waals surface area (Å²) < 4.78 is 15.8. The number of aliphatic carboxylic acids is 1. The van der Waals surface area contributed by atoms with E-state index in [1.165, 1.54) is 20.3 Å². The van der Waals surface area contributed by atoms with E-state index in [1.54, 1.807) is 36.4 Å². The van der Waals surface area contributed by atoms with Crippen LogP contribution in [0, 0.1) is 0 Å². The molecule has 0 aliphatic heterocycles. The van der Waals surface area contributed by atoms with Gasteiger partial charge in [-0.05, 0) is 24.5 Å². The third-order valence-corrected chi connectivity index (χ3v) is 4.32. The number of ketones is 1. The average molecular weight is 381 g/mol. The van der Waals surface area contributed by atoms with E-state index in [2.05, 4.69) is 0 Å². The van der Waals surface area contributed by atoms with Crippen molar-refractivity contribution in [2.75, 3.05) is 14.2 Å². The molecule has 2 aromatic carbocycles. The van der Waals surface area contributed by atoms with Gasteiger partial charge in [-0.1, -0.05) is 24.3 Å². The Bertz CT molecular complexity index is 1090. The molecule has 0 radical (unpaired) electrons. The fourth-order valence-electron chi connectivity index (χ4n) is 2.83. The summed E-state index contributed by atoms with van der Waals surface area (Å²) in [7, 11) is 2.94. The summed E-state index contributed by atoms with van der Waals surface area (Å²) in [5, 5.41) is 11.0. The van der Waals surface area contributed by atoms with Gasteiger partial charge in [-0.3, -0.25) is 4.79 Å². The Labute approximate surface area is 160 Å². The lowest BCUT2D eigenvalue weighted by atomic mass is 10.0. The molecule has 1 aromatic heterocycles. The van der Waals surface area contributed by atoms with Crippen LogP contribution in [0.2, 0.25) is 0 Å². The van der Waals surface area contributed by atoms with Gasteiger partial charge in [0.25, 0.3) is 0 Å². The fraction of sp³-hybridized carbons (Fsp3) is 0.190. The summed E-state index contributed by atoms with van der Waals surface area (Å²) in [4.78, 5) is 35.7. The van der Waals surface area contributed by atoms with Crippen LogP contribution in [-0.2, 0) is 11.2 Å². The molecule has 28 heavy (non-hydrogen) atoms. The topological polar surface area (TPSA) is 106 Å². The monoisotopic (exact) mass is 381 g/mol. The van der Waals surface area contributed by atoms with Gasteiger partial charge in [0.2, 0.25) is 0 Å². The molecule has 0 aliphatic rings. The van der Waals surface area contributed by atoms with Crippen molar-refractivity contribution in [2.24, 2.45) is 0 Å². The Morgan fingerprint density at radius 2 is 1.75 bits per heavy atom. The molecule has 0 saturated carbocycles. The van der Waals surface area contributed by atoms with Gasteiger partial charge in [-0.15, -0.1) is 0 Å². The van der Waals surface area contributed by atoms with Crippen molar-refractivity contribution in [1.82, 2.24) is 0 Å². The number of aryl methyl sites for hydroxylation is 1. The molecule has 3 rings (SSSR count). The smallest absolute Gasteiger partial charge is 0.347 e. The van der Waals surface area contributed by atoms with Crippen LogP contribution in [0.25, 0.3) is 11.0 Å². The molecule has 0 aliphatic carbocycles. The highest BCUT2D eigenvalue weighted by Crippen LogP contribution is 2.31. The molecule has 0 bridgehead atoms. The summed E-state index contributed by atoms with van der Waals surface area (Å²) in [5.74, 6) is -0.775. The maximum absolute atomic E-state index is 12.8. The predicted molar refractivity (Wildman–Crippen MR) is 98.8 cm³/mol. The van der Waals surface area contributed by atoms with E-state index in [1.807, 2.05) is 0 Å². The second-order valence-corrected chi connectivity index (χ2v) is 6.09. The van der Waals surface area contributed by atoms with Crippen LogP contribution in [0.5, 0.6) is 11.5 Å². The van der Waals surface area contributed by atoms with Gasteiger partial charge in [-0.25, -0.2) is 4.79 Å². The molecule has 0 unspecified atom stereocenters. The van der Waals surface area contributed by atoms with Crippen molar-refractivity contribution in [1.29, 1.82) is 0 Å². The molecule has 0 spiro atoms. The highest BCUT2D eigenvalue weighted by atomic mass is 16.5. The van der Waals surface area contributed by atoms with Crippen LogP contribution in [-0.4, -0.2) is 26.0 Å². The van der Waals surface area contributed by atoms with Gasteiger partial charge in [0.1, 0.15) is 22.6 Å². The summed E-state index contributed by atoms with van der Waals surface area (Å²) >= 11 is 0. The largest absolute Gasteiger partial charge is 0.550 e. The second kappa shape index (κ2) is 7.96. The number of hydrogen-bond acceptors (Lipinski definition) is 7. The lowest BCUT2D eigenvalue weighted by Gasteiger charge is -2.09. The van der Waals surface area contributed by atoms with Crippen LogP contribution < -0.4 is 20.2 Å². The molecule has 0 atom stereocenters. The third-order valence-electron chi connectivity index (χ3n) is 4.32. The first-order chi connectivity index (χ1) is 13.4. The van der Waals surface area contributed by atoms with E-state index in [0.717, 1.165) is 5.56 Å². The summed E-state index contributed by atoms with van der Waals surface area (Å²) in [6, 6.07) is 11.0. The van der Waals surface area contributed by atoms with Crippen LogP contribution in [0.3, 0.4) is 0 Å². The van der Waals surface area contributed by atoms with Crippen molar-refractivity contribution in [3.63, 3.8) is 0 Å². The van der Waals surface area contributed by atoms with E-state index in [9.17, 15) is 19.5 Å². The number of benzene rings is 2. The average Bonchev–Trinajstić information content (AvgIpc) is 2.70. The zero-order chi connectivity index (χ0) is 20.3. The zero-order valence-corrected chi connectivity index (χ0v) is 15.3. The second-order valence-electron chi connectivity index (χ2n) is 6.09. The van der Waals surface area contributed by atoms with E-state index in [4.69, 9.17) is 13.9 Å². The summed E-state index contributed by atoms with van der Waals surface area (Å²) in [5.41, 5.74) is 0.388. The van der Waals surface area contributed by atoms with E-state index in [-0.39, 0.29) is 23.1 Å². The van der Waals surface area contributed by atoms with Crippen LogP contribution in [0.4, 0.5) is 0 Å². The Morgan fingerprint density at radius 1 is 1.04 bits per heavy atom. The number of carbonyl (C=O) groups is 2. The number of carboxylic acid groups (broad SMARTS) is 1. The molecular formula is C21H17O7-. The van der Waals surface area contributed by atoms with Gasteiger partial charge in [0, 0.05) is 23.7 Å². The molecular weight excluding hydrogens is 364 g/mol. The maximum Gasteiger partial charge on any atom is 0.347 e. The normalized spacial score (nSPS) is 10.6. The summed E-state index contributed by atoms with van der Waals surface area (Å²) in [6.45, 7) is 0. The number of carboxylic acids is 1. The lowest BCUT2D eigenvalue weighted by molar-refractivity contribution is -0.305. The number of ether oxygens (including phenoxy) is 2. The van der Waals surface area contributed by atoms with Crippen molar-refractivity contribution in [3.8, 4) is 11.5 Å². The van der Waals surface area contributed by atoms with Crippen LogP contribution in [0.1, 0.15) is 27.9 Å². The molecule has 0 amide bonds. The maximum atomic E-state index is 12.8. The minimum atomic E-state index is -1.14. The quantitative estimate of drug-likeness (QED) is 0.453. The Hall–Kier alpha value is -3.61. The molecule has 3 aromatic rings. The van der Waals surface area contributed by atoms with Gasteiger partial charge >= 0.3 is 5.63 Å².